The average molecular weight is 185 g/mol. The minimum Gasteiger partial charge on any atom is -0.382 e. The number of nitrogens with zero attached hydrogens (tertiary/aromatic N) is 1. The molecule has 13 heavy (non-hydrogen) atoms. The summed E-state index contributed by atoms with van der Waals surface area (Å²) in [5.74, 6) is -0.0638. The summed E-state index contributed by atoms with van der Waals surface area (Å²) in [7, 11) is 2.03. The first-order valence-electron chi connectivity index (χ1n) is 4.81. The molecule has 1 fully saturated rings. The lowest BCUT2D eigenvalue weighted by molar-refractivity contribution is -0.149. The SMILES string of the molecule is CC(=O)C1(O)CC(C)N(C)CC1C. The highest BCUT2D eigenvalue weighted by atomic mass is 16.3. The van der Waals surface area contributed by atoms with Gasteiger partial charge in [0.25, 0.3) is 0 Å². The molecule has 3 heteroatoms. The third kappa shape index (κ3) is 1.76. The molecule has 0 aliphatic carbocycles. The van der Waals surface area contributed by atoms with Crippen molar-refractivity contribution in [3.8, 4) is 0 Å². The van der Waals surface area contributed by atoms with Crippen molar-refractivity contribution >= 4 is 5.78 Å². The first-order chi connectivity index (χ1) is 5.88. The van der Waals surface area contributed by atoms with Gasteiger partial charge in [-0.05, 0) is 27.3 Å². The summed E-state index contributed by atoms with van der Waals surface area (Å²) >= 11 is 0. The molecular formula is C10H19NO2. The molecule has 1 N–H and O–H groups in total. The molecule has 0 spiro atoms. The largest absolute Gasteiger partial charge is 0.382 e. The number of piperidine rings is 1. The molecule has 1 rings (SSSR count). The van der Waals surface area contributed by atoms with E-state index in [4.69, 9.17) is 0 Å². The van der Waals surface area contributed by atoms with Crippen LogP contribution in [0.4, 0.5) is 0 Å². The van der Waals surface area contributed by atoms with Gasteiger partial charge in [0.15, 0.2) is 5.78 Å². The van der Waals surface area contributed by atoms with E-state index < -0.39 is 5.60 Å². The highest BCUT2D eigenvalue weighted by Gasteiger charge is 2.44. The van der Waals surface area contributed by atoms with Crippen molar-refractivity contribution in [1.29, 1.82) is 0 Å². The minimum absolute atomic E-state index is 0.0335. The van der Waals surface area contributed by atoms with Crippen LogP contribution in [0.5, 0.6) is 0 Å². The molecule has 1 aliphatic rings. The van der Waals surface area contributed by atoms with E-state index in [-0.39, 0.29) is 17.7 Å². The third-order valence-electron chi connectivity index (χ3n) is 3.35. The fourth-order valence-corrected chi connectivity index (χ4v) is 2.06. The highest BCUT2D eigenvalue weighted by Crippen LogP contribution is 2.31. The number of aliphatic hydroxyl groups is 1. The van der Waals surface area contributed by atoms with Crippen LogP contribution in [0.1, 0.15) is 27.2 Å². The van der Waals surface area contributed by atoms with Crippen molar-refractivity contribution in [2.75, 3.05) is 13.6 Å². The van der Waals surface area contributed by atoms with Crippen LogP contribution >= 0.6 is 0 Å². The number of carbonyl (C=O) groups excluding carboxylic acids is 1. The molecule has 0 aromatic carbocycles. The zero-order valence-corrected chi connectivity index (χ0v) is 8.87. The number of hydrogen-bond acceptors (Lipinski definition) is 3. The maximum absolute atomic E-state index is 11.3. The van der Waals surface area contributed by atoms with Gasteiger partial charge in [0.2, 0.25) is 0 Å². The first kappa shape index (κ1) is 10.7. The van der Waals surface area contributed by atoms with Crippen molar-refractivity contribution < 1.29 is 9.90 Å². The Kier molecular flexibility index (Phi) is 2.78. The molecular weight excluding hydrogens is 166 g/mol. The van der Waals surface area contributed by atoms with Gasteiger partial charge < -0.3 is 10.0 Å². The fraction of sp³-hybridized carbons (Fsp3) is 0.900. The number of hydrogen-bond donors (Lipinski definition) is 1. The summed E-state index contributed by atoms with van der Waals surface area (Å²) in [4.78, 5) is 13.5. The Morgan fingerprint density at radius 2 is 2.08 bits per heavy atom. The molecule has 3 nitrogen and oxygen atoms in total. The minimum atomic E-state index is -1.09. The maximum atomic E-state index is 11.3. The summed E-state index contributed by atoms with van der Waals surface area (Å²) in [5, 5.41) is 10.1. The summed E-state index contributed by atoms with van der Waals surface area (Å²) in [6, 6.07) is 0.282. The predicted octanol–water partition coefficient (Wildman–Crippen LogP) is 0.667. The maximum Gasteiger partial charge on any atom is 0.161 e. The quantitative estimate of drug-likeness (QED) is 0.652. The van der Waals surface area contributed by atoms with Gasteiger partial charge >= 0.3 is 0 Å². The molecule has 0 radical (unpaired) electrons. The first-order valence-corrected chi connectivity index (χ1v) is 4.81. The van der Waals surface area contributed by atoms with Crippen molar-refractivity contribution in [2.24, 2.45) is 5.92 Å². The zero-order chi connectivity index (χ0) is 10.2. The molecule has 0 bridgehead atoms. The van der Waals surface area contributed by atoms with Gasteiger partial charge in [-0.2, -0.15) is 0 Å². The number of carbonyl (C=O) groups is 1. The number of rotatable bonds is 1. The van der Waals surface area contributed by atoms with Gasteiger partial charge in [-0.3, -0.25) is 4.79 Å². The van der Waals surface area contributed by atoms with Crippen LogP contribution in [0, 0.1) is 5.92 Å². The lowest BCUT2D eigenvalue weighted by Crippen LogP contribution is -2.56. The predicted molar refractivity (Wildman–Crippen MR) is 51.5 cm³/mol. The molecule has 1 heterocycles. The average Bonchev–Trinajstić information content (AvgIpc) is 2.01. The third-order valence-corrected chi connectivity index (χ3v) is 3.35. The van der Waals surface area contributed by atoms with Crippen molar-refractivity contribution in [3.63, 3.8) is 0 Å². The van der Waals surface area contributed by atoms with E-state index in [0.717, 1.165) is 6.54 Å². The number of Topliss-reactive ketones (excluding diaryl/α,β-unsaturated/α-hetero) is 1. The smallest absolute Gasteiger partial charge is 0.161 e. The second-order valence-electron chi connectivity index (χ2n) is 4.37. The second kappa shape index (κ2) is 3.39. The molecule has 1 aliphatic heterocycles. The molecule has 3 atom stereocenters. The zero-order valence-electron chi connectivity index (χ0n) is 8.87. The van der Waals surface area contributed by atoms with E-state index in [0.29, 0.717) is 6.42 Å². The van der Waals surface area contributed by atoms with E-state index >= 15 is 0 Å². The summed E-state index contributed by atoms with van der Waals surface area (Å²) in [5.41, 5.74) is -1.09. The van der Waals surface area contributed by atoms with Crippen LogP contribution in [-0.4, -0.2) is 41.0 Å². The van der Waals surface area contributed by atoms with Gasteiger partial charge in [0, 0.05) is 18.5 Å². The lowest BCUT2D eigenvalue weighted by Gasteiger charge is -2.44. The molecule has 0 amide bonds. The second-order valence-corrected chi connectivity index (χ2v) is 4.37. The van der Waals surface area contributed by atoms with E-state index in [1.807, 2.05) is 20.9 Å². The molecule has 76 valence electrons. The Hall–Kier alpha value is -0.410. The molecule has 0 aromatic heterocycles. The number of likely N-dealkylation sites (tertiary alicyclic amines) is 1. The van der Waals surface area contributed by atoms with E-state index in [9.17, 15) is 9.90 Å². The van der Waals surface area contributed by atoms with Gasteiger partial charge in [-0.1, -0.05) is 6.92 Å². The highest BCUT2D eigenvalue weighted by molar-refractivity contribution is 5.85. The normalized spacial score (nSPS) is 41.9. The Morgan fingerprint density at radius 3 is 2.54 bits per heavy atom. The van der Waals surface area contributed by atoms with Crippen LogP contribution in [0.25, 0.3) is 0 Å². The van der Waals surface area contributed by atoms with Crippen LogP contribution in [0.2, 0.25) is 0 Å². The van der Waals surface area contributed by atoms with Gasteiger partial charge in [-0.15, -0.1) is 0 Å². The topological polar surface area (TPSA) is 40.5 Å². The Bertz CT molecular complexity index is 217. The molecule has 1 saturated heterocycles. The summed E-state index contributed by atoms with van der Waals surface area (Å²) in [6.07, 6.45) is 0.556. The van der Waals surface area contributed by atoms with Crippen molar-refractivity contribution in [2.45, 2.75) is 38.8 Å². The lowest BCUT2D eigenvalue weighted by atomic mass is 9.77. The van der Waals surface area contributed by atoms with Crippen LogP contribution in [0.3, 0.4) is 0 Å². The van der Waals surface area contributed by atoms with Crippen LogP contribution < -0.4 is 0 Å². The van der Waals surface area contributed by atoms with Gasteiger partial charge in [-0.25, -0.2) is 0 Å². The standard InChI is InChI=1S/C10H19NO2/c1-7-6-11(4)8(2)5-10(7,13)9(3)12/h7-8,13H,5-6H2,1-4H3. The van der Waals surface area contributed by atoms with Crippen molar-refractivity contribution in [3.05, 3.63) is 0 Å². The Morgan fingerprint density at radius 1 is 1.54 bits per heavy atom. The molecule has 3 unspecified atom stereocenters. The van der Waals surface area contributed by atoms with Gasteiger partial charge in [0.05, 0.1) is 0 Å². The van der Waals surface area contributed by atoms with Crippen molar-refractivity contribution in [1.82, 2.24) is 4.90 Å². The molecule has 0 saturated carbocycles. The van der Waals surface area contributed by atoms with E-state index in [1.165, 1.54) is 6.92 Å². The Balaban J connectivity index is 2.82. The van der Waals surface area contributed by atoms with Crippen LogP contribution in [-0.2, 0) is 4.79 Å². The summed E-state index contributed by atoms with van der Waals surface area (Å²) < 4.78 is 0. The monoisotopic (exact) mass is 185 g/mol. The Labute approximate surface area is 79.7 Å². The summed E-state index contributed by atoms with van der Waals surface area (Å²) in [6.45, 7) is 6.25. The number of ketones is 1. The fourth-order valence-electron chi connectivity index (χ4n) is 2.06. The van der Waals surface area contributed by atoms with Gasteiger partial charge in [0.1, 0.15) is 5.60 Å². The molecule has 0 aromatic rings. The van der Waals surface area contributed by atoms with E-state index in [2.05, 4.69) is 4.90 Å². The van der Waals surface area contributed by atoms with E-state index in [1.54, 1.807) is 0 Å². The van der Waals surface area contributed by atoms with Crippen LogP contribution in [0.15, 0.2) is 0 Å².